The van der Waals surface area contributed by atoms with Gasteiger partial charge in [-0.2, -0.15) is 4.98 Å². The minimum atomic E-state index is -1.32. The summed E-state index contributed by atoms with van der Waals surface area (Å²) in [4.78, 5) is 41.9. The Morgan fingerprint density at radius 1 is 0.531 bits per heavy atom. The van der Waals surface area contributed by atoms with Gasteiger partial charge in [-0.15, -0.1) is 0 Å². The SMILES string of the molecule is O=c1c2ncn(COCCO)c2nc2[nH]c(-c3ccccc3)c(-c3ccc(C(OOC(c4ccccc4)(c4ccccc4)c4ccccc4)(c4ccccc4)c4ccccc4)cc3)n12. The van der Waals surface area contributed by atoms with E-state index in [0.29, 0.717) is 22.8 Å². The van der Waals surface area contributed by atoms with Gasteiger partial charge in [-0.1, -0.05) is 206 Å². The van der Waals surface area contributed by atoms with Crippen molar-refractivity contribution in [3.63, 3.8) is 0 Å². The summed E-state index contributed by atoms with van der Waals surface area (Å²) in [6.07, 6.45) is 1.53. The van der Waals surface area contributed by atoms with E-state index in [1.807, 2.05) is 146 Å². The van der Waals surface area contributed by atoms with E-state index in [1.54, 1.807) is 8.97 Å². The van der Waals surface area contributed by atoms with Crippen LogP contribution in [0.4, 0.5) is 0 Å². The molecule has 0 aliphatic heterocycles. The molecule has 0 unspecified atom stereocenters. The van der Waals surface area contributed by atoms with E-state index >= 15 is 0 Å². The predicted molar refractivity (Wildman–Crippen MR) is 247 cm³/mol. The third kappa shape index (κ3) is 7.10. The van der Waals surface area contributed by atoms with E-state index in [-0.39, 0.29) is 31.0 Å². The van der Waals surface area contributed by atoms with Crippen LogP contribution in [-0.2, 0) is 32.4 Å². The highest BCUT2D eigenvalue weighted by atomic mass is 17.2. The van der Waals surface area contributed by atoms with Crippen LogP contribution >= 0.6 is 0 Å². The fourth-order valence-electron chi connectivity index (χ4n) is 8.62. The number of ether oxygens (including phenoxy) is 1. The van der Waals surface area contributed by atoms with Gasteiger partial charge >= 0.3 is 0 Å². The van der Waals surface area contributed by atoms with Gasteiger partial charge in [0, 0.05) is 11.1 Å². The molecule has 0 saturated heterocycles. The van der Waals surface area contributed by atoms with Crippen LogP contribution < -0.4 is 5.56 Å². The normalized spacial score (nSPS) is 12.0. The molecular weight excluding hydrogens is 799 g/mol. The Labute approximate surface area is 369 Å². The lowest BCUT2D eigenvalue weighted by molar-refractivity contribution is -0.388. The monoisotopic (exact) mass is 841 g/mol. The maximum atomic E-state index is 14.5. The molecule has 0 fully saturated rings. The van der Waals surface area contributed by atoms with Crippen molar-refractivity contribution in [3.8, 4) is 22.5 Å². The predicted octanol–water partition coefficient (Wildman–Crippen LogP) is 9.90. The average molecular weight is 842 g/mol. The molecule has 64 heavy (non-hydrogen) atoms. The number of aliphatic hydroxyl groups is 1. The number of hydrogen-bond acceptors (Lipinski definition) is 7. The van der Waals surface area contributed by atoms with Crippen molar-refractivity contribution in [2.75, 3.05) is 13.2 Å². The topological polar surface area (TPSA) is 116 Å². The van der Waals surface area contributed by atoms with E-state index < -0.39 is 11.2 Å². The van der Waals surface area contributed by atoms with Gasteiger partial charge in [-0.05, 0) is 33.4 Å². The van der Waals surface area contributed by atoms with Crippen LogP contribution in [0.2, 0.25) is 0 Å². The van der Waals surface area contributed by atoms with Crippen molar-refractivity contribution < 1.29 is 19.6 Å². The van der Waals surface area contributed by atoms with Crippen LogP contribution in [0, 0.1) is 0 Å². The Hall–Kier alpha value is -7.73. The quantitative estimate of drug-likeness (QED) is 0.0457. The second-order valence-corrected chi connectivity index (χ2v) is 15.4. The van der Waals surface area contributed by atoms with Gasteiger partial charge in [-0.25, -0.2) is 19.2 Å². The first-order valence-corrected chi connectivity index (χ1v) is 21.1. The highest BCUT2D eigenvalue weighted by Gasteiger charge is 2.46. The fourth-order valence-corrected chi connectivity index (χ4v) is 8.62. The first kappa shape index (κ1) is 40.3. The van der Waals surface area contributed by atoms with Crippen molar-refractivity contribution in [2.45, 2.75) is 17.9 Å². The van der Waals surface area contributed by atoms with Gasteiger partial charge in [-0.3, -0.25) is 9.36 Å². The van der Waals surface area contributed by atoms with Crippen LogP contribution in [0.3, 0.4) is 0 Å². The van der Waals surface area contributed by atoms with E-state index in [1.165, 1.54) is 6.33 Å². The number of nitrogens with one attached hydrogen (secondary N) is 1. The lowest BCUT2D eigenvalue weighted by Crippen LogP contribution is -2.40. The fraction of sp³-hybridized carbons (Fsp3) is 0.0926. The summed E-state index contributed by atoms with van der Waals surface area (Å²) < 4.78 is 8.79. The molecule has 314 valence electrons. The molecule has 7 aromatic carbocycles. The molecule has 0 saturated carbocycles. The third-order valence-corrected chi connectivity index (χ3v) is 11.6. The zero-order valence-electron chi connectivity index (χ0n) is 34.7. The summed E-state index contributed by atoms with van der Waals surface area (Å²) in [5.41, 5.74) is 5.81. The number of aliphatic hydroxyl groups excluding tert-OH is 1. The zero-order valence-corrected chi connectivity index (χ0v) is 34.7. The van der Waals surface area contributed by atoms with E-state index in [9.17, 15) is 9.90 Å². The van der Waals surface area contributed by atoms with Crippen LogP contribution in [0.15, 0.2) is 217 Å². The smallest absolute Gasteiger partial charge is 0.287 e. The molecule has 2 N–H and O–H groups in total. The van der Waals surface area contributed by atoms with Crippen molar-refractivity contribution in [2.24, 2.45) is 0 Å². The molecule has 3 heterocycles. The molecule has 10 rings (SSSR count). The van der Waals surface area contributed by atoms with E-state index in [0.717, 1.165) is 44.5 Å². The van der Waals surface area contributed by atoms with Crippen LogP contribution in [0.5, 0.6) is 0 Å². The Bertz CT molecular complexity index is 3040. The molecule has 3 aromatic heterocycles. The Balaban J connectivity index is 1.17. The summed E-state index contributed by atoms with van der Waals surface area (Å²) >= 11 is 0. The average Bonchev–Trinajstić information content (AvgIpc) is 3.97. The van der Waals surface area contributed by atoms with Crippen LogP contribution in [-0.4, -0.2) is 42.2 Å². The van der Waals surface area contributed by atoms with Gasteiger partial charge in [0.1, 0.15) is 6.73 Å². The van der Waals surface area contributed by atoms with Crippen molar-refractivity contribution in [3.05, 3.63) is 256 Å². The van der Waals surface area contributed by atoms with Gasteiger partial charge in [0.25, 0.3) is 5.56 Å². The highest BCUT2D eigenvalue weighted by molar-refractivity contribution is 5.84. The zero-order chi connectivity index (χ0) is 43.4. The van der Waals surface area contributed by atoms with Crippen molar-refractivity contribution in [1.82, 2.24) is 23.9 Å². The number of imidazole rings is 2. The first-order valence-electron chi connectivity index (χ1n) is 21.1. The Morgan fingerprint density at radius 3 is 1.39 bits per heavy atom. The molecular formula is C54H43N5O5. The standard InChI is InChI=1S/C54H43N5O5/c60-35-36-62-38-58-37-55-48-50(58)57-52-56-47(39-19-7-1-8-20-39)49(59(52)51(48)61)40-31-33-46(34-32-40)54(44-27-15-5-16-28-44,45-29-17-6-18-30-45)64-63-53(41-21-9-2-10-22-41,42-23-11-3-12-24-42)43-25-13-4-14-26-43/h1-34,37,60H,35-36,38H2,(H,56,57). The summed E-state index contributed by atoms with van der Waals surface area (Å²) in [7, 11) is 0. The molecule has 0 radical (unpaired) electrons. The summed E-state index contributed by atoms with van der Waals surface area (Å²) in [5, 5.41) is 9.27. The summed E-state index contributed by atoms with van der Waals surface area (Å²) in [6, 6.07) is 68.6. The molecule has 0 bridgehead atoms. The minimum absolute atomic E-state index is 0.0831. The summed E-state index contributed by atoms with van der Waals surface area (Å²) in [6.45, 7) is 0.0986. The summed E-state index contributed by atoms with van der Waals surface area (Å²) in [5.74, 6) is 0.345. The first-order chi connectivity index (χ1) is 31.6. The number of benzene rings is 7. The number of fused-ring (bicyclic) bond motifs is 2. The van der Waals surface area contributed by atoms with Gasteiger partial charge in [0.2, 0.25) is 5.78 Å². The number of rotatable bonds is 15. The number of H-pyrrole nitrogens is 1. The maximum Gasteiger partial charge on any atom is 0.287 e. The van der Waals surface area contributed by atoms with Gasteiger partial charge in [0.05, 0.1) is 30.9 Å². The molecule has 10 aromatic rings. The number of hydrogen-bond donors (Lipinski definition) is 2. The molecule has 10 heteroatoms. The van der Waals surface area contributed by atoms with Crippen molar-refractivity contribution >= 4 is 16.9 Å². The maximum absolute atomic E-state index is 14.5. The molecule has 0 amide bonds. The second kappa shape index (κ2) is 17.6. The minimum Gasteiger partial charge on any atom is -0.394 e. The number of aromatic nitrogens is 5. The largest absolute Gasteiger partial charge is 0.394 e. The van der Waals surface area contributed by atoms with Crippen LogP contribution in [0.25, 0.3) is 39.5 Å². The molecule has 0 atom stereocenters. The lowest BCUT2D eigenvalue weighted by Gasteiger charge is -2.40. The molecule has 10 nitrogen and oxygen atoms in total. The Kier molecular flexibility index (Phi) is 11.1. The molecule has 0 aliphatic rings. The molecule has 0 aliphatic carbocycles. The lowest BCUT2D eigenvalue weighted by atomic mass is 9.79. The molecule has 0 spiro atoms. The number of nitrogens with zero attached hydrogens (tertiary/aromatic N) is 4. The van der Waals surface area contributed by atoms with Crippen molar-refractivity contribution in [1.29, 1.82) is 0 Å². The number of aromatic amines is 1. The third-order valence-electron chi connectivity index (χ3n) is 11.6. The van der Waals surface area contributed by atoms with E-state index in [4.69, 9.17) is 19.5 Å². The second-order valence-electron chi connectivity index (χ2n) is 15.4. The van der Waals surface area contributed by atoms with Gasteiger partial charge in [0.15, 0.2) is 22.4 Å². The van der Waals surface area contributed by atoms with Crippen LogP contribution in [0.1, 0.15) is 33.4 Å². The van der Waals surface area contributed by atoms with Gasteiger partial charge < -0.3 is 14.8 Å². The Morgan fingerprint density at radius 2 is 0.953 bits per heavy atom. The highest BCUT2D eigenvalue weighted by Crippen LogP contribution is 2.47. The van der Waals surface area contributed by atoms with E-state index in [2.05, 4.69) is 70.6 Å².